The molecule has 4 nitrogen and oxygen atoms in total. The van der Waals surface area contributed by atoms with Crippen LogP contribution in [-0.4, -0.2) is 42.0 Å². The number of aromatic amines is 1. The van der Waals surface area contributed by atoms with Crippen molar-refractivity contribution in [2.45, 2.75) is 44.9 Å². The number of para-hydroxylation sites is 1. The lowest BCUT2D eigenvalue weighted by molar-refractivity contribution is -0.116. The molecule has 0 radical (unpaired) electrons. The van der Waals surface area contributed by atoms with Gasteiger partial charge in [-0.3, -0.25) is 4.79 Å². The number of rotatable bonds is 9. The third kappa shape index (κ3) is 6.10. The molecule has 0 unspecified atom stereocenters. The summed E-state index contributed by atoms with van der Waals surface area (Å²) in [4.78, 5) is 18.0. The number of amides is 1. The fraction of sp³-hybridized carbons (Fsp3) is 0.393. The van der Waals surface area contributed by atoms with Crippen LogP contribution in [0.1, 0.15) is 54.7 Å². The number of H-pyrrole nitrogens is 1. The predicted octanol–water partition coefficient (Wildman–Crippen LogP) is 5.66. The van der Waals surface area contributed by atoms with Crippen LogP contribution in [0.25, 0.3) is 17.0 Å². The third-order valence-corrected chi connectivity index (χ3v) is 6.57. The quantitative estimate of drug-likeness (QED) is 0.341. The number of piperidine rings is 1. The Morgan fingerprint density at radius 1 is 1.09 bits per heavy atom. The smallest absolute Gasteiger partial charge is 0.243 e. The molecule has 2 heterocycles. The largest absolute Gasteiger partial charge is 0.361 e. The number of benzene rings is 2. The summed E-state index contributed by atoms with van der Waals surface area (Å²) in [5.74, 6) is 0.663. The van der Waals surface area contributed by atoms with E-state index in [0.717, 1.165) is 24.9 Å². The molecule has 1 saturated heterocycles. The van der Waals surface area contributed by atoms with Gasteiger partial charge in [-0.2, -0.15) is 0 Å². The molecule has 0 saturated carbocycles. The highest BCUT2D eigenvalue weighted by Crippen LogP contribution is 2.33. The Kier molecular flexibility index (Phi) is 7.78. The molecule has 32 heavy (non-hydrogen) atoms. The Labute approximate surface area is 191 Å². The number of hydrogen-bond donors (Lipinski definition) is 2. The number of likely N-dealkylation sites (tertiary alicyclic amines) is 1. The zero-order valence-electron chi connectivity index (χ0n) is 19.1. The predicted molar refractivity (Wildman–Crippen MR) is 134 cm³/mol. The minimum absolute atomic E-state index is 0.00846. The summed E-state index contributed by atoms with van der Waals surface area (Å²) in [6.07, 6.45) is 11.6. The summed E-state index contributed by atoms with van der Waals surface area (Å²) in [6, 6.07) is 16.8. The molecule has 1 aliphatic heterocycles. The first-order chi connectivity index (χ1) is 15.7. The van der Waals surface area contributed by atoms with E-state index in [4.69, 9.17) is 0 Å². The van der Waals surface area contributed by atoms with Gasteiger partial charge in [-0.1, -0.05) is 54.4 Å². The van der Waals surface area contributed by atoms with Crippen molar-refractivity contribution in [3.63, 3.8) is 0 Å². The molecule has 3 aromatic rings. The van der Waals surface area contributed by atoms with Crippen molar-refractivity contribution in [3.05, 3.63) is 77.5 Å². The van der Waals surface area contributed by atoms with E-state index < -0.39 is 0 Å². The van der Waals surface area contributed by atoms with Crippen molar-refractivity contribution < 1.29 is 4.79 Å². The number of carbonyl (C=O) groups excluding carboxylic acids is 1. The highest BCUT2D eigenvalue weighted by atomic mass is 16.1. The number of carbonyl (C=O) groups is 1. The van der Waals surface area contributed by atoms with Gasteiger partial charge in [-0.05, 0) is 81.4 Å². The second kappa shape index (κ2) is 11.1. The second-order valence-electron chi connectivity index (χ2n) is 9.00. The van der Waals surface area contributed by atoms with Gasteiger partial charge in [0.05, 0.1) is 0 Å². The summed E-state index contributed by atoms with van der Waals surface area (Å²) >= 11 is 0. The lowest BCUT2D eigenvalue weighted by atomic mass is 9.89. The van der Waals surface area contributed by atoms with Crippen molar-refractivity contribution in [2.24, 2.45) is 0 Å². The molecular formula is C28H35N3O. The van der Waals surface area contributed by atoms with E-state index in [1.54, 1.807) is 6.08 Å². The van der Waals surface area contributed by atoms with Gasteiger partial charge in [0.25, 0.3) is 0 Å². The van der Waals surface area contributed by atoms with E-state index in [-0.39, 0.29) is 5.91 Å². The normalized spacial score (nSPS) is 15.5. The number of aryl methyl sites for hydroxylation is 1. The van der Waals surface area contributed by atoms with Gasteiger partial charge in [0.1, 0.15) is 0 Å². The standard InChI is InChI=1S/C28H35N3O/c1-22-8-7-9-23(20-22)12-13-28(32)29-16-5-2-6-17-31-18-14-24(15-19-31)26-21-30-27-11-4-3-10-25(26)27/h3-4,7-13,20-21,24,30H,2,5-6,14-19H2,1H3,(H,29,32)/b13-12+. The molecule has 0 aliphatic carbocycles. The molecule has 4 rings (SSSR count). The van der Waals surface area contributed by atoms with E-state index in [9.17, 15) is 4.79 Å². The fourth-order valence-electron chi connectivity index (χ4n) is 4.75. The van der Waals surface area contributed by atoms with Crippen LogP contribution in [0.15, 0.2) is 60.8 Å². The summed E-state index contributed by atoms with van der Waals surface area (Å²) in [7, 11) is 0. The van der Waals surface area contributed by atoms with Crippen molar-refractivity contribution >= 4 is 22.9 Å². The van der Waals surface area contributed by atoms with Crippen LogP contribution in [0.4, 0.5) is 0 Å². The van der Waals surface area contributed by atoms with Crippen molar-refractivity contribution in [1.29, 1.82) is 0 Å². The molecule has 0 bridgehead atoms. The zero-order chi connectivity index (χ0) is 22.2. The summed E-state index contributed by atoms with van der Waals surface area (Å²) in [5, 5.41) is 4.39. The van der Waals surface area contributed by atoms with Gasteiger partial charge in [0, 0.05) is 29.7 Å². The fourth-order valence-corrected chi connectivity index (χ4v) is 4.75. The first-order valence-corrected chi connectivity index (χ1v) is 12.0. The lowest BCUT2D eigenvalue weighted by Crippen LogP contribution is -2.33. The monoisotopic (exact) mass is 429 g/mol. The molecule has 1 fully saturated rings. The minimum atomic E-state index is -0.00846. The summed E-state index contributed by atoms with van der Waals surface area (Å²) in [6.45, 7) is 6.35. The second-order valence-corrected chi connectivity index (χ2v) is 9.00. The number of fused-ring (bicyclic) bond motifs is 1. The molecule has 2 aromatic carbocycles. The maximum Gasteiger partial charge on any atom is 0.243 e. The minimum Gasteiger partial charge on any atom is -0.361 e. The first-order valence-electron chi connectivity index (χ1n) is 12.0. The Balaban J connectivity index is 1.08. The average Bonchev–Trinajstić information content (AvgIpc) is 3.25. The SMILES string of the molecule is Cc1cccc(/C=C/C(=O)NCCCCCN2CCC(c3c[nH]c4ccccc34)CC2)c1. The molecule has 0 spiro atoms. The zero-order valence-corrected chi connectivity index (χ0v) is 19.1. The van der Waals surface area contributed by atoms with Crippen molar-refractivity contribution in [1.82, 2.24) is 15.2 Å². The molecule has 1 aliphatic rings. The highest BCUT2D eigenvalue weighted by Gasteiger charge is 2.22. The van der Waals surface area contributed by atoms with Crippen LogP contribution >= 0.6 is 0 Å². The van der Waals surface area contributed by atoms with Crippen LogP contribution in [0.5, 0.6) is 0 Å². The third-order valence-electron chi connectivity index (χ3n) is 6.57. The molecule has 2 N–H and O–H groups in total. The molecule has 0 atom stereocenters. The van der Waals surface area contributed by atoms with E-state index in [0.29, 0.717) is 5.92 Å². The van der Waals surface area contributed by atoms with Crippen LogP contribution in [0.2, 0.25) is 0 Å². The molecule has 1 aromatic heterocycles. The van der Waals surface area contributed by atoms with Gasteiger partial charge in [0.15, 0.2) is 0 Å². The Morgan fingerprint density at radius 2 is 1.94 bits per heavy atom. The maximum atomic E-state index is 12.0. The number of nitrogens with one attached hydrogen (secondary N) is 2. The van der Waals surface area contributed by atoms with Crippen LogP contribution in [0.3, 0.4) is 0 Å². The number of unbranched alkanes of at least 4 members (excludes halogenated alkanes) is 2. The van der Waals surface area contributed by atoms with Gasteiger partial charge < -0.3 is 15.2 Å². The first kappa shape index (κ1) is 22.3. The number of aromatic nitrogens is 1. The van der Waals surface area contributed by atoms with Crippen molar-refractivity contribution in [3.8, 4) is 0 Å². The van der Waals surface area contributed by atoms with E-state index in [1.165, 1.54) is 60.9 Å². The van der Waals surface area contributed by atoms with E-state index in [1.807, 2.05) is 18.2 Å². The van der Waals surface area contributed by atoms with Crippen LogP contribution in [0, 0.1) is 6.92 Å². The molecule has 4 heteroatoms. The lowest BCUT2D eigenvalue weighted by Gasteiger charge is -2.32. The highest BCUT2D eigenvalue weighted by molar-refractivity contribution is 5.91. The van der Waals surface area contributed by atoms with Gasteiger partial charge in [-0.25, -0.2) is 0 Å². The Hall–Kier alpha value is -2.85. The molecule has 1 amide bonds. The van der Waals surface area contributed by atoms with Crippen molar-refractivity contribution in [2.75, 3.05) is 26.2 Å². The number of hydrogen-bond acceptors (Lipinski definition) is 2. The Bertz CT molecular complexity index is 1040. The van der Waals surface area contributed by atoms with Crippen LogP contribution < -0.4 is 5.32 Å². The van der Waals surface area contributed by atoms with Gasteiger partial charge in [-0.15, -0.1) is 0 Å². The molecule has 168 valence electrons. The van der Waals surface area contributed by atoms with Gasteiger partial charge >= 0.3 is 0 Å². The van der Waals surface area contributed by atoms with E-state index in [2.05, 4.69) is 64.7 Å². The summed E-state index contributed by atoms with van der Waals surface area (Å²) < 4.78 is 0. The van der Waals surface area contributed by atoms with Crippen LogP contribution in [-0.2, 0) is 4.79 Å². The Morgan fingerprint density at radius 3 is 2.78 bits per heavy atom. The molecular weight excluding hydrogens is 394 g/mol. The van der Waals surface area contributed by atoms with Gasteiger partial charge in [0.2, 0.25) is 5.91 Å². The van der Waals surface area contributed by atoms with E-state index >= 15 is 0 Å². The summed E-state index contributed by atoms with van der Waals surface area (Å²) in [5.41, 5.74) is 5.01. The number of nitrogens with zero attached hydrogens (tertiary/aromatic N) is 1. The maximum absolute atomic E-state index is 12.0. The topological polar surface area (TPSA) is 48.1 Å². The average molecular weight is 430 g/mol.